The number of nitrogens with one attached hydrogen (secondary N) is 4. The zero-order chi connectivity index (χ0) is 22.1. The summed E-state index contributed by atoms with van der Waals surface area (Å²) in [5.74, 6) is -3.43. The fraction of sp³-hybridized carbons (Fsp3) is 0.778. The van der Waals surface area contributed by atoms with Crippen LogP contribution in [0, 0.1) is 5.92 Å². The average molecular weight is 433 g/mol. The van der Waals surface area contributed by atoms with E-state index in [9.17, 15) is 24.3 Å². The molecule has 1 saturated heterocycles. The maximum atomic E-state index is 12.7. The van der Waals surface area contributed by atoms with Crippen LogP contribution < -0.4 is 21.3 Å². The van der Waals surface area contributed by atoms with Gasteiger partial charge in [-0.25, -0.2) is 4.79 Å². The maximum Gasteiger partial charge on any atom is 0.327 e. The Kier molecular flexibility index (Phi) is 10.4. The summed E-state index contributed by atoms with van der Waals surface area (Å²) in [5.41, 5.74) is 0. The Balaban J connectivity index is 2.88. The van der Waals surface area contributed by atoms with Crippen LogP contribution in [0.3, 0.4) is 0 Å². The number of carboxylic acids is 1. The molecule has 6 unspecified atom stereocenters. The highest BCUT2D eigenvalue weighted by Gasteiger charge is 2.34. The lowest BCUT2D eigenvalue weighted by atomic mass is 9.97. The van der Waals surface area contributed by atoms with Crippen molar-refractivity contribution < 1.29 is 29.4 Å². The van der Waals surface area contributed by atoms with Gasteiger partial charge in [0.25, 0.3) is 0 Å². The van der Waals surface area contributed by atoms with Gasteiger partial charge in [0.15, 0.2) is 0 Å². The van der Waals surface area contributed by atoms with Crippen LogP contribution in [-0.4, -0.2) is 76.5 Å². The molecule has 0 radical (unpaired) electrons. The number of aliphatic hydroxyl groups is 1. The molecule has 11 heteroatoms. The van der Waals surface area contributed by atoms with Crippen LogP contribution in [0.2, 0.25) is 0 Å². The molecule has 166 valence electrons. The number of carboxylic acid groups (broad SMARTS) is 1. The third-order valence-electron chi connectivity index (χ3n) is 5.03. The molecular formula is C18H32N4O6S. The number of rotatable bonds is 11. The zero-order valence-electron chi connectivity index (χ0n) is 17.0. The molecule has 1 heterocycles. The van der Waals surface area contributed by atoms with E-state index >= 15 is 0 Å². The smallest absolute Gasteiger partial charge is 0.327 e. The molecule has 1 aliphatic rings. The normalized spacial score (nSPS) is 21.3. The molecule has 1 fully saturated rings. The van der Waals surface area contributed by atoms with Gasteiger partial charge in [-0.15, -0.1) is 0 Å². The van der Waals surface area contributed by atoms with Crippen molar-refractivity contribution in [1.29, 1.82) is 0 Å². The average Bonchev–Trinajstić information content (AvgIpc) is 3.21. The molecule has 0 saturated carbocycles. The van der Waals surface area contributed by atoms with E-state index in [0.717, 1.165) is 6.42 Å². The van der Waals surface area contributed by atoms with E-state index in [0.29, 0.717) is 19.4 Å². The van der Waals surface area contributed by atoms with Gasteiger partial charge in [-0.2, -0.15) is 12.6 Å². The minimum absolute atomic E-state index is 0.108. The van der Waals surface area contributed by atoms with E-state index in [-0.39, 0.29) is 11.7 Å². The van der Waals surface area contributed by atoms with Crippen molar-refractivity contribution in [2.45, 2.75) is 70.3 Å². The van der Waals surface area contributed by atoms with Gasteiger partial charge >= 0.3 is 5.97 Å². The topological polar surface area (TPSA) is 157 Å². The molecule has 10 nitrogen and oxygen atoms in total. The Bertz CT molecular complexity index is 597. The predicted molar refractivity (Wildman–Crippen MR) is 109 cm³/mol. The number of aliphatic carboxylic acids is 1. The molecule has 6 atom stereocenters. The van der Waals surface area contributed by atoms with Crippen molar-refractivity contribution in [3.8, 4) is 0 Å². The van der Waals surface area contributed by atoms with Crippen LogP contribution in [0.15, 0.2) is 0 Å². The summed E-state index contributed by atoms with van der Waals surface area (Å²) in [7, 11) is 0. The van der Waals surface area contributed by atoms with Gasteiger partial charge in [-0.1, -0.05) is 20.3 Å². The van der Waals surface area contributed by atoms with Crippen molar-refractivity contribution in [3.63, 3.8) is 0 Å². The number of thiol groups is 1. The summed E-state index contributed by atoms with van der Waals surface area (Å²) in [5, 5.41) is 29.5. The van der Waals surface area contributed by atoms with Crippen molar-refractivity contribution in [2.75, 3.05) is 12.3 Å². The molecule has 0 aliphatic carbocycles. The van der Waals surface area contributed by atoms with Gasteiger partial charge in [-0.3, -0.25) is 14.4 Å². The second-order valence-corrected chi connectivity index (χ2v) is 7.69. The van der Waals surface area contributed by atoms with Gasteiger partial charge in [0.05, 0.1) is 12.1 Å². The molecule has 29 heavy (non-hydrogen) atoms. The summed E-state index contributed by atoms with van der Waals surface area (Å²) in [6, 6.07) is -3.90. The van der Waals surface area contributed by atoms with Gasteiger partial charge < -0.3 is 31.5 Å². The summed E-state index contributed by atoms with van der Waals surface area (Å²) >= 11 is 3.91. The largest absolute Gasteiger partial charge is 0.480 e. The number of hydrogen-bond donors (Lipinski definition) is 7. The van der Waals surface area contributed by atoms with Crippen LogP contribution in [0.25, 0.3) is 0 Å². The minimum atomic E-state index is -1.25. The molecule has 1 aliphatic heterocycles. The van der Waals surface area contributed by atoms with Crippen molar-refractivity contribution in [3.05, 3.63) is 0 Å². The highest BCUT2D eigenvalue weighted by Crippen LogP contribution is 2.10. The summed E-state index contributed by atoms with van der Waals surface area (Å²) in [4.78, 5) is 48.8. The lowest BCUT2D eigenvalue weighted by Gasteiger charge is -2.28. The highest BCUT2D eigenvalue weighted by atomic mass is 32.1. The van der Waals surface area contributed by atoms with Gasteiger partial charge in [0, 0.05) is 5.75 Å². The zero-order valence-corrected chi connectivity index (χ0v) is 17.9. The van der Waals surface area contributed by atoms with Crippen molar-refractivity contribution in [1.82, 2.24) is 21.3 Å². The molecule has 0 aromatic heterocycles. The lowest BCUT2D eigenvalue weighted by molar-refractivity contribution is -0.142. The third kappa shape index (κ3) is 7.48. The predicted octanol–water partition coefficient (Wildman–Crippen LogP) is -1.37. The van der Waals surface area contributed by atoms with E-state index in [2.05, 4.69) is 33.9 Å². The fourth-order valence-electron chi connectivity index (χ4n) is 2.96. The van der Waals surface area contributed by atoms with Crippen molar-refractivity contribution >= 4 is 36.3 Å². The molecule has 0 spiro atoms. The van der Waals surface area contributed by atoms with E-state index in [4.69, 9.17) is 5.11 Å². The molecule has 6 N–H and O–H groups in total. The van der Waals surface area contributed by atoms with Crippen LogP contribution in [-0.2, 0) is 19.2 Å². The quantitative estimate of drug-likeness (QED) is 0.199. The second kappa shape index (κ2) is 12.0. The molecule has 0 aromatic rings. The van der Waals surface area contributed by atoms with Crippen LogP contribution in [0.5, 0.6) is 0 Å². The van der Waals surface area contributed by atoms with Crippen LogP contribution >= 0.6 is 12.6 Å². The number of amides is 3. The first-order valence-electron chi connectivity index (χ1n) is 9.78. The Morgan fingerprint density at radius 3 is 2.17 bits per heavy atom. The van der Waals surface area contributed by atoms with Gasteiger partial charge in [0.2, 0.25) is 17.7 Å². The highest BCUT2D eigenvalue weighted by molar-refractivity contribution is 7.80. The van der Waals surface area contributed by atoms with E-state index in [1.54, 1.807) is 6.92 Å². The van der Waals surface area contributed by atoms with E-state index < -0.39 is 54.0 Å². The standard InChI is InChI=1S/C18H32N4O6S/c1-4-9(2)13(16(25)20-12(8-29)18(27)28)21-17(26)14(10(3)23)22-15(24)11-6-5-7-19-11/h9-14,19,23,29H,4-8H2,1-3H3,(H,20,25)(H,21,26)(H,22,24)(H,27,28). The number of hydrogen-bond acceptors (Lipinski definition) is 7. The monoisotopic (exact) mass is 432 g/mol. The SMILES string of the molecule is CCC(C)C(NC(=O)C(NC(=O)C1CCCN1)C(C)O)C(=O)NC(CS)C(=O)O. The summed E-state index contributed by atoms with van der Waals surface area (Å²) in [6.45, 7) is 5.63. The third-order valence-corrected chi connectivity index (χ3v) is 5.39. The Morgan fingerprint density at radius 1 is 1.10 bits per heavy atom. The minimum Gasteiger partial charge on any atom is -0.480 e. The van der Waals surface area contributed by atoms with Crippen molar-refractivity contribution in [2.24, 2.45) is 5.92 Å². The van der Waals surface area contributed by atoms with Gasteiger partial charge in [0.1, 0.15) is 18.1 Å². The maximum absolute atomic E-state index is 12.7. The molecular weight excluding hydrogens is 400 g/mol. The number of carbonyl (C=O) groups is 4. The summed E-state index contributed by atoms with van der Waals surface area (Å²) < 4.78 is 0. The van der Waals surface area contributed by atoms with E-state index in [1.807, 2.05) is 6.92 Å². The second-order valence-electron chi connectivity index (χ2n) is 7.33. The molecule has 0 aromatic carbocycles. The Labute approximate surface area is 176 Å². The molecule has 1 rings (SSSR count). The lowest BCUT2D eigenvalue weighted by Crippen LogP contribution is -2.61. The molecule has 3 amide bonds. The first kappa shape index (κ1) is 25.2. The number of aliphatic hydroxyl groups excluding tert-OH is 1. The molecule has 0 bridgehead atoms. The van der Waals surface area contributed by atoms with Crippen LogP contribution in [0.1, 0.15) is 40.0 Å². The Morgan fingerprint density at radius 2 is 1.72 bits per heavy atom. The fourth-order valence-corrected chi connectivity index (χ4v) is 3.21. The Hall–Kier alpha value is -1.85. The first-order valence-corrected chi connectivity index (χ1v) is 10.4. The van der Waals surface area contributed by atoms with E-state index in [1.165, 1.54) is 6.92 Å². The van der Waals surface area contributed by atoms with Gasteiger partial charge in [-0.05, 0) is 32.2 Å². The first-order chi connectivity index (χ1) is 13.6. The summed E-state index contributed by atoms with van der Waals surface area (Å²) in [6.07, 6.45) is 0.827. The van der Waals surface area contributed by atoms with Crippen LogP contribution in [0.4, 0.5) is 0 Å². The number of carbonyl (C=O) groups excluding carboxylic acids is 3.